The summed E-state index contributed by atoms with van der Waals surface area (Å²) in [5.74, 6) is 1.88. The van der Waals surface area contributed by atoms with Crippen molar-refractivity contribution in [3.05, 3.63) is 35.5 Å². The highest BCUT2D eigenvalue weighted by Crippen LogP contribution is 2.35. The van der Waals surface area contributed by atoms with Crippen LogP contribution in [-0.2, 0) is 9.59 Å². The summed E-state index contributed by atoms with van der Waals surface area (Å²) in [6.07, 6.45) is 1.15. The summed E-state index contributed by atoms with van der Waals surface area (Å²) >= 11 is 0. The lowest BCUT2D eigenvalue weighted by Gasteiger charge is -2.37. The maximum absolute atomic E-state index is 13.1. The van der Waals surface area contributed by atoms with Gasteiger partial charge in [0.05, 0.1) is 12.2 Å². The van der Waals surface area contributed by atoms with Crippen molar-refractivity contribution in [3.8, 4) is 5.75 Å². The normalized spacial score (nSPS) is 23.2. The van der Waals surface area contributed by atoms with Gasteiger partial charge in [0.25, 0.3) is 11.8 Å². The zero-order valence-electron chi connectivity index (χ0n) is 17.7. The minimum absolute atomic E-state index is 0.163. The Morgan fingerprint density at radius 3 is 2.18 bits per heavy atom. The molecule has 1 aromatic carbocycles. The average molecular weight is 385 g/mol. The van der Waals surface area contributed by atoms with Crippen molar-refractivity contribution in [3.63, 3.8) is 0 Å². The lowest BCUT2D eigenvalue weighted by Crippen LogP contribution is -2.41. The Kier molecular flexibility index (Phi) is 6.11. The SMILES string of the molecule is CCN1C(=O)C(c2ccc(OCC(C)C)cc2)=C(N2CC(C)CC(C)C2)C1=O. The van der Waals surface area contributed by atoms with Crippen molar-refractivity contribution >= 4 is 17.4 Å². The van der Waals surface area contributed by atoms with Gasteiger partial charge in [-0.1, -0.05) is 39.8 Å². The fourth-order valence-corrected chi connectivity index (χ4v) is 4.23. The number of hydrogen-bond acceptors (Lipinski definition) is 4. The fraction of sp³-hybridized carbons (Fsp3) is 0.565. The molecule has 1 saturated heterocycles. The third-order valence-electron chi connectivity index (χ3n) is 5.37. The molecule has 1 fully saturated rings. The van der Waals surface area contributed by atoms with E-state index in [4.69, 9.17) is 4.74 Å². The molecule has 152 valence electrons. The van der Waals surface area contributed by atoms with Crippen LogP contribution in [0.1, 0.15) is 46.6 Å². The molecule has 0 N–H and O–H groups in total. The van der Waals surface area contributed by atoms with Gasteiger partial charge in [-0.15, -0.1) is 0 Å². The van der Waals surface area contributed by atoms with E-state index in [1.807, 2.05) is 31.2 Å². The third-order valence-corrected chi connectivity index (χ3v) is 5.37. The predicted octanol–water partition coefficient (Wildman–Crippen LogP) is 3.80. The quantitative estimate of drug-likeness (QED) is 0.700. The second kappa shape index (κ2) is 8.38. The summed E-state index contributed by atoms with van der Waals surface area (Å²) in [4.78, 5) is 29.6. The van der Waals surface area contributed by atoms with Crippen LogP contribution in [0.4, 0.5) is 0 Å². The number of likely N-dealkylation sites (tertiary alicyclic amines) is 1. The first-order valence-electron chi connectivity index (χ1n) is 10.4. The van der Waals surface area contributed by atoms with Crippen LogP contribution < -0.4 is 4.74 Å². The van der Waals surface area contributed by atoms with Crippen LogP contribution in [0, 0.1) is 17.8 Å². The number of rotatable bonds is 6. The molecule has 1 aromatic rings. The number of benzene rings is 1. The number of piperidine rings is 1. The van der Waals surface area contributed by atoms with E-state index in [9.17, 15) is 9.59 Å². The van der Waals surface area contributed by atoms with Crippen LogP contribution in [0.15, 0.2) is 30.0 Å². The molecule has 2 aliphatic heterocycles. The van der Waals surface area contributed by atoms with Crippen molar-refractivity contribution in [1.82, 2.24) is 9.80 Å². The Hall–Kier alpha value is -2.30. The Labute approximate surface area is 168 Å². The van der Waals surface area contributed by atoms with Gasteiger partial charge in [0.15, 0.2) is 0 Å². The Morgan fingerprint density at radius 1 is 1.04 bits per heavy atom. The maximum Gasteiger partial charge on any atom is 0.277 e. The molecule has 28 heavy (non-hydrogen) atoms. The Balaban J connectivity index is 1.96. The van der Waals surface area contributed by atoms with Crippen molar-refractivity contribution in [1.29, 1.82) is 0 Å². The van der Waals surface area contributed by atoms with Gasteiger partial charge in [-0.2, -0.15) is 0 Å². The van der Waals surface area contributed by atoms with Crippen molar-refractivity contribution in [2.24, 2.45) is 17.8 Å². The van der Waals surface area contributed by atoms with Crippen LogP contribution in [0.25, 0.3) is 5.57 Å². The number of amides is 2. The molecule has 0 saturated carbocycles. The lowest BCUT2D eigenvalue weighted by molar-refractivity contribution is -0.137. The minimum Gasteiger partial charge on any atom is -0.493 e. The summed E-state index contributed by atoms with van der Waals surface area (Å²) in [7, 11) is 0. The van der Waals surface area contributed by atoms with Gasteiger partial charge in [-0.25, -0.2) is 0 Å². The zero-order chi connectivity index (χ0) is 20.4. The molecular weight excluding hydrogens is 352 g/mol. The van der Waals surface area contributed by atoms with Gasteiger partial charge in [-0.05, 0) is 48.8 Å². The third kappa shape index (κ3) is 4.08. The number of hydrogen-bond donors (Lipinski definition) is 0. The van der Waals surface area contributed by atoms with Crippen molar-refractivity contribution in [2.75, 3.05) is 26.2 Å². The van der Waals surface area contributed by atoms with Gasteiger partial charge < -0.3 is 9.64 Å². The average Bonchev–Trinajstić information content (AvgIpc) is 2.89. The Morgan fingerprint density at radius 2 is 1.64 bits per heavy atom. The number of ether oxygens (including phenoxy) is 1. The van der Waals surface area contributed by atoms with Gasteiger partial charge in [0, 0.05) is 19.6 Å². The molecule has 0 spiro atoms. The zero-order valence-corrected chi connectivity index (χ0v) is 17.7. The van der Waals surface area contributed by atoms with Gasteiger partial charge in [0.1, 0.15) is 11.4 Å². The van der Waals surface area contributed by atoms with E-state index in [2.05, 4.69) is 32.6 Å². The fourth-order valence-electron chi connectivity index (χ4n) is 4.23. The molecule has 0 bridgehead atoms. The topological polar surface area (TPSA) is 49.9 Å². The molecular formula is C23H32N2O3. The number of likely N-dealkylation sites (N-methyl/N-ethyl adjacent to an activating group) is 1. The summed E-state index contributed by atoms with van der Waals surface area (Å²) in [6, 6.07) is 7.56. The van der Waals surface area contributed by atoms with Crippen LogP contribution in [0.3, 0.4) is 0 Å². The number of imide groups is 1. The molecule has 0 aromatic heterocycles. The van der Waals surface area contributed by atoms with Crippen LogP contribution in [0.5, 0.6) is 5.75 Å². The first kappa shape index (κ1) is 20.4. The second-order valence-corrected chi connectivity index (χ2v) is 8.66. The monoisotopic (exact) mass is 384 g/mol. The van der Waals surface area contributed by atoms with Crippen LogP contribution in [-0.4, -0.2) is 47.9 Å². The van der Waals surface area contributed by atoms with Crippen molar-refractivity contribution in [2.45, 2.75) is 41.0 Å². The first-order chi connectivity index (χ1) is 13.3. The molecule has 5 heteroatoms. The number of nitrogens with zero attached hydrogens (tertiary/aromatic N) is 2. The summed E-state index contributed by atoms with van der Waals surface area (Å²) < 4.78 is 5.76. The predicted molar refractivity (Wildman–Crippen MR) is 111 cm³/mol. The van der Waals surface area contributed by atoms with E-state index in [0.29, 0.717) is 42.2 Å². The van der Waals surface area contributed by atoms with E-state index >= 15 is 0 Å². The van der Waals surface area contributed by atoms with Crippen LogP contribution in [0.2, 0.25) is 0 Å². The van der Waals surface area contributed by atoms with E-state index < -0.39 is 0 Å². The smallest absolute Gasteiger partial charge is 0.277 e. The largest absolute Gasteiger partial charge is 0.493 e. The highest BCUT2D eigenvalue weighted by Gasteiger charge is 2.42. The second-order valence-electron chi connectivity index (χ2n) is 8.66. The van der Waals surface area contributed by atoms with Gasteiger partial charge in [-0.3, -0.25) is 14.5 Å². The molecule has 2 amide bonds. The molecule has 3 rings (SSSR count). The van der Waals surface area contributed by atoms with Crippen LogP contribution >= 0.6 is 0 Å². The van der Waals surface area contributed by atoms with E-state index in [0.717, 1.165) is 30.8 Å². The minimum atomic E-state index is -0.191. The molecule has 5 nitrogen and oxygen atoms in total. The Bertz CT molecular complexity index is 757. The van der Waals surface area contributed by atoms with E-state index in [1.165, 1.54) is 4.90 Å². The number of carbonyl (C=O) groups is 2. The number of carbonyl (C=O) groups excluding carboxylic acids is 2. The maximum atomic E-state index is 13.1. The summed E-state index contributed by atoms with van der Waals surface area (Å²) in [6.45, 7) is 13.1. The molecule has 2 atom stereocenters. The van der Waals surface area contributed by atoms with E-state index in [-0.39, 0.29) is 11.8 Å². The summed E-state index contributed by atoms with van der Waals surface area (Å²) in [5, 5.41) is 0. The highest BCUT2D eigenvalue weighted by atomic mass is 16.5. The lowest BCUT2D eigenvalue weighted by atomic mass is 9.91. The molecule has 2 unspecified atom stereocenters. The first-order valence-corrected chi connectivity index (χ1v) is 10.4. The molecule has 0 radical (unpaired) electrons. The molecule has 2 aliphatic rings. The van der Waals surface area contributed by atoms with Gasteiger partial charge >= 0.3 is 0 Å². The van der Waals surface area contributed by atoms with Crippen molar-refractivity contribution < 1.29 is 14.3 Å². The summed E-state index contributed by atoms with van der Waals surface area (Å²) in [5.41, 5.74) is 1.89. The standard InChI is InChI=1S/C23H32N2O3/c1-6-25-22(26)20(18-7-9-19(10-8-18)28-14-15(2)3)21(23(25)27)24-12-16(4)11-17(5)13-24/h7-10,15-17H,6,11-14H2,1-5H3. The molecule has 0 aliphatic carbocycles. The van der Waals surface area contributed by atoms with E-state index in [1.54, 1.807) is 0 Å². The van der Waals surface area contributed by atoms with Gasteiger partial charge in [0.2, 0.25) is 0 Å². The molecule has 2 heterocycles. The highest BCUT2D eigenvalue weighted by molar-refractivity contribution is 6.35.